The summed E-state index contributed by atoms with van der Waals surface area (Å²) in [6.07, 6.45) is -5.88. The van der Waals surface area contributed by atoms with E-state index in [-0.39, 0.29) is 59.1 Å². The molecule has 0 aromatic rings. The van der Waals surface area contributed by atoms with Crippen LogP contribution in [0.15, 0.2) is 0 Å². The molecule has 1 rings (SSSR count). The van der Waals surface area contributed by atoms with Gasteiger partial charge in [0.2, 0.25) is 0 Å². The molecule has 0 bridgehead atoms. The zero-order valence-electron chi connectivity index (χ0n) is 8.85. The van der Waals surface area contributed by atoms with E-state index in [1.807, 2.05) is 0 Å². The van der Waals surface area contributed by atoms with Crippen LogP contribution in [-0.2, 0) is 13.8 Å². The zero-order valence-corrected chi connectivity index (χ0v) is 13.7. The van der Waals surface area contributed by atoms with Crippen LogP contribution in [0.4, 0.5) is 0 Å². The van der Waals surface area contributed by atoms with Gasteiger partial charge in [-0.1, -0.05) is 0 Å². The van der Waals surface area contributed by atoms with Gasteiger partial charge in [0.05, 0.1) is 14.4 Å². The van der Waals surface area contributed by atoms with Crippen molar-refractivity contribution >= 4 is 7.82 Å². The quantitative estimate of drug-likeness (QED) is 0.340. The van der Waals surface area contributed by atoms with Crippen molar-refractivity contribution in [2.45, 2.75) is 24.6 Å². The third kappa shape index (κ3) is 6.21. The summed E-state index contributed by atoms with van der Waals surface area (Å²) in [6, 6.07) is 0. The van der Waals surface area contributed by atoms with Crippen molar-refractivity contribution in [2.24, 2.45) is 0 Å². The Bertz CT molecular complexity index is 247. The smallest absolute Gasteiger partial charge is 0.790 e. The maximum absolute atomic E-state index is 10.0. The molecule has 0 aromatic carbocycles. The fourth-order valence-corrected chi connectivity index (χ4v) is 1.36. The molecule has 1 saturated heterocycles. The van der Waals surface area contributed by atoms with Gasteiger partial charge in [-0.2, -0.15) is 0 Å². The second kappa shape index (κ2) is 8.19. The summed E-state index contributed by atoms with van der Waals surface area (Å²) in [5, 5.41) is 26.9. The molecular weight excluding hydrogens is 265 g/mol. The van der Waals surface area contributed by atoms with Gasteiger partial charge in [0.15, 0.2) is 6.29 Å². The predicted octanol–water partition coefficient (Wildman–Crippen LogP) is -9.72. The first-order valence-corrected chi connectivity index (χ1v) is 5.13. The van der Waals surface area contributed by atoms with E-state index < -0.39 is 39.0 Å². The Hall–Kier alpha value is 1.95. The summed E-state index contributed by atoms with van der Waals surface area (Å²) in [5.41, 5.74) is 0. The fourth-order valence-electron chi connectivity index (χ4n) is 1.03. The Kier molecular flexibility index (Phi) is 10.4. The Balaban J connectivity index is 0. The first-order chi connectivity index (χ1) is 6.31. The molecule has 1 aliphatic heterocycles. The molecular formula is C5H9Na2O8P. The maximum atomic E-state index is 10.0. The second-order valence-electron chi connectivity index (χ2n) is 2.79. The fraction of sp³-hybridized carbons (Fsp3) is 1.00. The summed E-state index contributed by atoms with van der Waals surface area (Å²) in [4.78, 5) is 20.1. The van der Waals surface area contributed by atoms with Crippen molar-refractivity contribution in [3.05, 3.63) is 0 Å². The monoisotopic (exact) mass is 274 g/mol. The van der Waals surface area contributed by atoms with Gasteiger partial charge in [0, 0.05) is 0 Å². The van der Waals surface area contributed by atoms with Crippen molar-refractivity contribution < 1.29 is 98.0 Å². The SMILES string of the molecule is O=P([O-])([O-])OCC1OC(O)C(O)C1O.[Na+].[Na+]. The molecule has 84 valence electrons. The third-order valence-electron chi connectivity index (χ3n) is 1.73. The number of phosphoric acid groups is 1. The summed E-state index contributed by atoms with van der Waals surface area (Å²) in [7, 11) is -5.14. The third-order valence-corrected chi connectivity index (χ3v) is 2.20. The predicted molar refractivity (Wildman–Crippen MR) is 36.5 cm³/mol. The summed E-state index contributed by atoms with van der Waals surface area (Å²) < 4.78 is 18.4. The molecule has 0 aliphatic carbocycles. The van der Waals surface area contributed by atoms with Gasteiger partial charge in [-0.25, -0.2) is 0 Å². The molecule has 1 heterocycles. The molecule has 4 atom stereocenters. The van der Waals surface area contributed by atoms with Crippen LogP contribution in [0.2, 0.25) is 0 Å². The minimum absolute atomic E-state index is 0. The van der Waals surface area contributed by atoms with Gasteiger partial charge in [-0.05, 0) is 0 Å². The molecule has 0 radical (unpaired) electrons. The van der Waals surface area contributed by atoms with Crippen molar-refractivity contribution in [1.82, 2.24) is 0 Å². The zero-order chi connectivity index (χ0) is 10.9. The largest absolute Gasteiger partial charge is 1.00 e. The van der Waals surface area contributed by atoms with Crippen LogP contribution in [-0.4, -0.2) is 46.5 Å². The van der Waals surface area contributed by atoms with Crippen LogP contribution in [0.25, 0.3) is 0 Å². The van der Waals surface area contributed by atoms with E-state index in [0.29, 0.717) is 0 Å². The van der Waals surface area contributed by atoms with E-state index in [4.69, 9.17) is 15.3 Å². The van der Waals surface area contributed by atoms with Crippen molar-refractivity contribution in [3.8, 4) is 0 Å². The van der Waals surface area contributed by atoms with E-state index in [0.717, 1.165) is 0 Å². The van der Waals surface area contributed by atoms with Crippen LogP contribution in [0.5, 0.6) is 0 Å². The molecule has 11 heteroatoms. The Labute approximate surface area is 136 Å². The molecule has 16 heavy (non-hydrogen) atoms. The van der Waals surface area contributed by atoms with Crippen LogP contribution < -0.4 is 68.9 Å². The molecule has 0 aromatic heterocycles. The van der Waals surface area contributed by atoms with Gasteiger partial charge in [0.1, 0.15) is 18.3 Å². The number of hydrogen-bond acceptors (Lipinski definition) is 8. The van der Waals surface area contributed by atoms with Gasteiger partial charge >= 0.3 is 59.1 Å². The molecule has 0 amide bonds. The standard InChI is InChI=1S/C5H11O8P.2Na/c6-3-2(1-12-14(9,10)11)13-5(8)4(3)7;;/h2-8H,1H2,(H2,9,10,11);;/q;2*+1/p-2. The van der Waals surface area contributed by atoms with Crippen LogP contribution in [0, 0.1) is 0 Å². The number of rotatable bonds is 3. The maximum Gasteiger partial charge on any atom is 1.00 e. The van der Waals surface area contributed by atoms with E-state index in [1.165, 1.54) is 0 Å². The average Bonchev–Trinajstić information content (AvgIpc) is 2.28. The number of aliphatic hydroxyl groups excluding tert-OH is 3. The van der Waals surface area contributed by atoms with Gasteiger partial charge < -0.3 is 38.9 Å². The Morgan fingerprint density at radius 2 is 1.69 bits per heavy atom. The first kappa shape index (κ1) is 20.3. The van der Waals surface area contributed by atoms with Gasteiger partial charge in [-0.3, -0.25) is 0 Å². The number of aliphatic hydroxyl groups is 3. The van der Waals surface area contributed by atoms with E-state index in [2.05, 4.69) is 9.26 Å². The van der Waals surface area contributed by atoms with Crippen LogP contribution in [0.1, 0.15) is 0 Å². The number of phosphoric ester groups is 1. The van der Waals surface area contributed by atoms with Gasteiger partial charge in [-0.15, -0.1) is 0 Å². The molecule has 0 spiro atoms. The van der Waals surface area contributed by atoms with Crippen molar-refractivity contribution in [2.75, 3.05) is 6.61 Å². The topological polar surface area (TPSA) is 142 Å². The van der Waals surface area contributed by atoms with Crippen LogP contribution >= 0.6 is 7.82 Å². The molecule has 1 aliphatic rings. The Morgan fingerprint density at radius 1 is 1.19 bits per heavy atom. The molecule has 4 unspecified atom stereocenters. The van der Waals surface area contributed by atoms with E-state index in [1.54, 1.807) is 0 Å². The minimum atomic E-state index is -5.14. The van der Waals surface area contributed by atoms with E-state index in [9.17, 15) is 14.4 Å². The van der Waals surface area contributed by atoms with Crippen LogP contribution in [0.3, 0.4) is 0 Å². The van der Waals surface area contributed by atoms with E-state index >= 15 is 0 Å². The number of hydrogen-bond donors (Lipinski definition) is 3. The molecule has 0 saturated carbocycles. The normalized spacial score (nSPS) is 34.1. The molecule has 1 fully saturated rings. The Morgan fingerprint density at radius 3 is 2.00 bits per heavy atom. The molecule has 8 nitrogen and oxygen atoms in total. The first-order valence-electron chi connectivity index (χ1n) is 3.67. The van der Waals surface area contributed by atoms with Crippen molar-refractivity contribution in [3.63, 3.8) is 0 Å². The number of ether oxygens (including phenoxy) is 1. The van der Waals surface area contributed by atoms with Crippen molar-refractivity contribution in [1.29, 1.82) is 0 Å². The summed E-state index contributed by atoms with van der Waals surface area (Å²) in [5.74, 6) is 0. The van der Waals surface area contributed by atoms with Gasteiger partial charge in [0.25, 0.3) is 0 Å². The summed E-state index contributed by atoms with van der Waals surface area (Å²) in [6.45, 7) is -0.737. The second-order valence-corrected chi connectivity index (χ2v) is 3.94. The summed E-state index contributed by atoms with van der Waals surface area (Å²) >= 11 is 0. The minimum Gasteiger partial charge on any atom is -0.790 e. The molecule has 3 N–H and O–H groups in total. The average molecular weight is 274 g/mol.